The Kier molecular flexibility index (Phi) is 8.68. The highest BCUT2D eigenvalue weighted by Gasteiger charge is 2.47. The summed E-state index contributed by atoms with van der Waals surface area (Å²) in [7, 11) is -3.87. The molecule has 32 heavy (non-hydrogen) atoms. The Hall–Kier alpha value is -0.496. The van der Waals surface area contributed by atoms with Crippen LogP contribution in [-0.2, 0) is 13.6 Å². The van der Waals surface area contributed by atoms with Crippen molar-refractivity contribution in [1.29, 1.82) is 0 Å². The molecule has 3 unspecified atom stereocenters. The van der Waals surface area contributed by atoms with E-state index in [9.17, 15) is 4.79 Å². The summed E-state index contributed by atoms with van der Waals surface area (Å²) in [5.41, 5.74) is 0. The minimum absolute atomic E-state index is 0.0558. The molecule has 0 amide bonds. The molecule has 0 N–H and O–H groups in total. The van der Waals surface area contributed by atoms with Crippen molar-refractivity contribution >= 4 is 22.4 Å². The van der Waals surface area contributed by atoms with Crippen molar-refractivity contribution in [2.24, 2.45) is 17.8 Å². The summed E-state index contributed by atoms with van der Waals surface area (Å²) >= 11 is 0. The first-order valence-corrected chi connectivity index (χ1v) is 18.5. The molecule has 5 heteroatoms. The van der Waals surface area contributed by atoms with Gasteiger partial charge in [0.2, 0.25) is 0 Å². The topological polar surface area (TPSA) is 35.5 Å². The van der Waals surface area contributed by atoms with Gasteiger partial charge in [0.15, 0.2) is 16.6 Å². The fourth-order valence-corrected chi connectivity index (χ4v) is 7.11. The second kappa shape index (κ2) is 10.0. The Morgan fingerprint density at radius 2 is 1.50 bits per heavy atom. The van der Waals surface area contributed by atoms with E-state index in [0.717, 1.165) is 0 Å². The third-order valence-electron chi connectivity index (χ3n) is 8.75. The number of carbonyl (C=O) groups excluding carboxylic acids is 1. The number of rotatable bonds is 8. The summed E-state index contributed by atoms with van der Waals surface area (Å²) in [6.07, 6.45) is 12.1. The second-order valence-electron chi connectivity index (χ2n) is 13.2. The molecule has 2 fully saturated rings. The molecule has 0 heterocycles. The van der Waals surface area contributed by atoms with Crippen LogP contribution in [0.4, 0.5) is 0 Å². The summed E-state index contributed by atoms with van der Waals surface area (Å²) in [6.45, 7) is 26.9. The molecule has 0 spiro atoms. The summed E-state index contributed by atoms with van der Waals surface area (Å²) < 4.78 is 13.7. The lowest BCUT2D eigenvalue weighted by Gasteiger charge is -2.41. The monoisotopic (exact) mass is 478 g/mol. The van der Waals surface area contributed by atoms with Crippen LogP contribution in [0, 0.1) is 17.8 Å². The van der Waals surface area contributed by atoms with Gasteiger partial charge >= 0.3 is 0 Å². The van der Waals surface area contributed by atoms with Gasteiger partial charge in [-0.1, -0.05) is 72.6 Å². The minimum Gasteiger partial charge on any atom is -0.413 e. The number of hydrogen-bond donors (Lipinski definition) is 0. The summed E-state index contributed by atoms with van der Waals surface area (Å²) in [6, 6.07) is 0. The van der Waals surface area contributed by atoms with Crippen LogP contribution >= 0.6 is 0 Å². The zero-order valence-electron chi connectivity index (χ0n) is 22.6. The highest BCUT2D eigenvalue weighted by molar-refractivity contribution is 6.74. The lowest BCUT2D eigenvalue weighted by molar-refractivity contribution is -0.119. The molecule has 0 radical (unpaired) electrons. The Morgan fingerprint density at radius 1 is 0.969 bits per heavy atom. The maximum Gasteiger partial charge on any atom is 0.192 e. The smallest absolute Gasteiger partial charge is 0.192 e. The van der Waals surface area contributed by atoms with Gasteiger partial charge in [0, 0.05) is 18.3 Å². The molecule has 4 atom stereocenters. The van der Waals surface area contributed by atoms with E-state index in [1.807, 2.05) is 6.08 Å². The fraction of sp³-hybridized carbons (Fsp3) is 0.815. The first kappa shape index (κ1) is 27.7. The van der Waals surface area contributed by atoms with Crippen molar-refractivity contribution in [3.05, 3.63) is 24.8 Å². The molecule has 3 nitrogen and oxygen atoms in total. The molecule has 0 aromatic carbocycles. The van der Waals surface area contributed by atoms with Crippen molar-refractivity contribution in [3.63, 3.8) is 0 Å². The number of hydrogen-bond acceptors (Lipinski definition) is 3. The number of ketones is 1. The standard InChI is InChI=1S/C27H50O3Si2/c1-12-21-22(25(19-23(21)28)30-32(10,11)27(5,6)7)17-18-24(20-15-13-14-16-20)29-31(8,9)26(2,3)4/h12,17-18,20-22,24-25H,1,13-16,19H2,2-11H3/t21?,22?,24-,25?/m1/s1. The van der Waals surface area contributed by atoms with Crippen molar-refractivity contribution in [3.8, 4) is 0 Å². The van der Waals surface area contributed by atoms with E-state index in [-0.39, 0.29) is 39.9 Å². The van der Waals surface area contributed by atoms with Gasteiger partial charge in [-0.05, 0) is 55.0 Å². The Bertz CT molecular complexity index is 691. The van der Waals surface area contributed by atoms with Gasteiger partial charge < -0.3 is 8.85 Å². The molecule has 0 bridgehead atoms. The Labute approximate surface area is 200 Å². The molecule has 2 saturated carbocycles. The molecular weight excluding hydrogens is 428 g/mol. The maximum atomic E-state index is 12.8. The lowest BCUT2D eigenvalue weighted by atomic mass is 9.92. The summed E-state index contributed by atoms with van der Waals surface area (Å²) in [4.78, 5) is 12.8. The highest BCUT2D eigenvalue weighted by Crippen LogP contribution is 2.43. The van der Waals surface area contributed by atoms with Gasteiger partial charge in [-0.25, -0.2) is 0 Å². The minimum atomic E-state index is -1.97. The van der Waals surface area contributed by atoms with Crippen LogP contribution in [0.1, 0.15) is 73.6 Å². The average Bonchev–Trinajstić information content (AvgIpc) is 3.24. The van der Waals surface area contributed by atoms with Crippen molar-refractivity contribution in [1.82, 2.24) is 0 Å². The van der Waals surface area contributed by atoms with Crippen LogP contribution in [-0.4, -0.2) is 34.6 Å². The van der Waals surface area contributed by atoms with Gasteiger partial charge in [-0.15, -0.1) is 6.58 Å². The molecule has 2 rings (SSSR count). The van der Waals surface area contributed by atoms with Crippen LogP contribution in [0.25, 0.3) is 0 Å². The fourth-order valence-electron chi connectivity index (χ4n) is 4.46. The first-order valence-electron chi connectivity index (χ1n) is 12.7. The zero-order valence-corrected chi connectivity index (χ0v) is 24.6. The van der Waals surface area contributed by atoms with E-state index in [0.29, 0.717) is 12.3 Å². The van der Waals surface area contributed by atoms with Crippen LogP contribution < -0.4 is 0 Å². The number of allylic oxidation sites excluding steroid dienone is 1. The zero-order chi connectivity index (χ0) is 24.5. The van der Waals surface area contributed by atoms with Crippen molar-refractivity contribution in [2.75, 3.05) is 0 Å². The molecule has 2 aliphatic carbocycles. The molecule has 0 aromatic heterocycles. The average molecular weight is 479 g/mol. The van der Waals surface area contributed by atoms with Gasteiger partial charge in [0.25, 0.3) is 0 Å². The number of Topliss-reactive ketones (excluding diaryl/α,β-unsaturated/α-hetero) is 1. The van der Waals surface area contributed by atoms with Gasteiger partial charge in [0.1, 0.15) is 5.78 Å². The quantitative estimate of drug-likeness (QED) is 0.263. The van der Waals surface area contributed by atoms with Crippen molar-refractivity contribution in [2.45, 2.75) is 122 Å². The number of carbonyl (C=O) groups is 1. The van der Waals surface area contributed by atoms with Crippen molar-refractivity contribution < 1.29 is 13.6 Å². The van der Waals surface area contributed by atoms with Crippen LogP contribution in [0.15, 0.2) is 24.8 Å². The van der Waals surface area contributed by atoms with E-state index in [1.54, 1.807) is 0 Å². The SMILES string of the molecule is C=CC1C(=O)CC(O[Si](C)(C)C(C)(C)C)C1C=C[C@@H](O[Si](C)(C)C(C)(C)C)C1CCCC1. The molecule has 0 saturated heterocycles. The van der Waals surface area contributed by atoms with E-state index in [1.165, 1.54) is 25.7 Å². The second-order valence-corrected chi connectivity index (χ2v) is 22.7. The molecule has 0 aromatic rings. The third-order valence-corrected chi connectivity index (χ3v) is 17.7. The van der Waals surface area contributed by atoms with Gasteiger partial charge in [0.05, 0.1) is 12.2 Å². The Balaban J connectivity index is 2.31. The van der Waals surface area contributed by atoms with Crippen LogP contribution in [0.5, 0.6) is 0 Å². The molecular formula is C27H50O3Si2. The van der Waals surface area contributed by atoms with E-state index in [2.05, 4.69) is 86.5 Å². The normalized spacial score (nSPS) is 27.4. The van der Waals surface area contributed by atoms with E-state index < -0.39 is 16.6 Å². The lowest BCUT2D eigenvalue weighted by Crippen LogP contribution is -2.45. The Morgan fingerprint density at radius 3 is 1.97 bits per heavy atom. The van der Waals surface area contributed by atoms with Gasteiger partial charge in [-0.3, -0.25) is 4.79 Å². The largest absolute Gasteiger partial charge is 0.413 e. The van der Waals surface area contributed by atoms with Crippen LogP contribution in [0.2, 0.25) is 36.3 Å². The summed E-state index contributed by atoms with van der Waals surface area (Å²) in [5.74, 6) is 0.750. The van der Waals surface area contributed by atoms with E-state index in [4.69, 9.17) is 8.85 Å². The van der Waals surface area contributed by atoms with Crippen LogP contribution in [0.3, 0.4) is 0 Å². The predicted molar refractivity (Wildman–Crippen MR) is 142 cm³/mol. The molecule has 0 aliphatic heterocycles. The molecule has 184 valence electrons. The maximum absolute atomic E-state index is 12.8. The van der Waals surface area contributed by atoms with Gasteiger partial charge in [-0.2, -0.15) is 0 Å². The molecule has 2 aliphatic rings. The first-order chi connectivity index (χ1) is 14.5. The summed E-state index contributed by atoms with van der Waals surface area (Å²) in [5, 5.41) is 0.299. The highest BCUT2D eigenvalue weighted by atomic mass is 28.4. The van der Waals surface area contributed by atoms with E-state index >= 15 is 0 Å². The third kappa shape index (κ3) is 6.34. The predicted octanol–water partition coefficient (Wildman–Crippen LogP) is 7.90.